The highest BCUT2D eigenvalue weighted by Crippen LogP contribution is 2.27. The van der Waals surface area contributed by atoms with E-state index in [9.17, 15) is 18.7 Å². The first kappa shape index (κ1) is 16.8. The van der Waals surface area contributed by atoms with E-state index in [0.717, 1.165) is 11.3 Å². The van der Waals surface area contributed by atoms with Crippen LogP contribution in [0.25, 0.3) is 0 Å². The fourth-order valence-electron chi connectivity index (χ4n) is 1.92. The van der Waals surface area contributed by atoms with Crippen molar-refractivity contribution in [3.63, 3.8) is 0 Å². The molecule has 1 aromatic rings. The van der Waals surface area contributed by atoms with Crippen LogP contribution in [0.15, 0.2) is 11.4 Å². The number of aliphatic hydroxyl groups excluding tert-OH is 1. The molecule has 0 bridgehead atoms. The highest BCUT2D eigenvalue weighted by Gasteiger charge is 2.23. The summed E-state index contributed by atoms with van der Waals surface area (Å²) in [6.45, 7) is 2.87. The molecule has 1 aromatic heterocycles. The van der Waals surface area contributed by atoms with Crippen molar-refractivity contribution in [1.82, 2.24) is 5.32 Å². The Labute approximate surface area is 120 Å². The summed E-state index contributed by atoms with van der Waals surface area (Å²) >= 11 is 1.04. The summed E-state index contributed by atoms with van der Waals surface area (Å²) in [6.07, 6.45) is 0.0549. The Balaban J connectivity index is 2.61. The first-order valence-electron chi connectivity index (χ1n) is 6.20. The van der Waals surface area contributed by atoms with Gasteiger partial charge in [-0.3, -0.25) is 4.79 Å². The summed E-state index contributed by atoms with van der Waals surface area (Å²) in [5.41, 5.74) is -0.287. The van der Waals surface area contributed by atoms with Gasteiger partial charge in [-0.25, -0.2) is 0 Å². The topological polar surface area (TPSA) is 58.6 Å². The van der Waals surface area contributed by atoms with E-state index in [1.165, 1.54) is 11.4 Å². The first-order chi connectivity index (χ1) is 9.21. The second-order valence-electron chi connectivity index (χ2n) is 5.39. The molecule has 0 saturated carbocycles. The molecule has 0 aliphatic carbocycles. The maximum absolute atomic E-state index is 12.2. The third-order valence-corrected chi connectivity index (χ3v) is 3.52. The standard InChI is InChI=1S/C13H19F2NO3S/c1-8(17)6-13(2,3)7-16-11(18)10-9(4-5-20-10)19-12(14)15/h4-5,8,12,17H,6-7H2,1-3H3,(H,16,18). The Hall–Kier alpha value is -1.21. The van der Waals surface area contributed by atoms with Crippen molar-refractivity contribution in [2.24, 2.45) is 5.41 Å². The van der Waals surface area contributed by atoms with Gasteiger partial charge in [0.1, 0.15) is 10.6 Å². The molecule has 0 radical (unpaired) electrons. The number of hydrogen-bond donors (Lipinski definition) is 2. The molecule has 0 spiro atoms. The van der Waals surface area contributed by atoms with E-state index < -0.39 is 18.6 Å². The molecule has 1 heterocycles. The van der Waals surface area contributed by atoms with Gasteiger partial charge < -0.3 is 15.2 Å². The molecule has 1 atom stereocenters. The van der Waals surface area contributed by atoms with E-state index in [-0.39, 0.29) is 16.0 Å². The zero-order valence-corrected chi connectivity index (χ0v) is 12.5. The van der Waals surface area contributed by atoms with Crippen LogP contribution in [0.5, 0.6) is 5.75 Å². The van der Waals surface area contributed by atoms with Gasteiger partial charge in [-0.05, 0) is 30.2 Å². The predicted octanol–water partition coefficient (Wildman–Crippen LogP) is 2.88. The van der Waals surface area contributed by atoms with Crippen molar-refractivity contribution in [1.29, 1.82) is 0 Å². The van der Waals surface area contributed by atoms with Crippen LogP contribution < -0.4 is 10.1 Å². The zero-order chi connectivity index (χ0) is 15.3. The van der Waals surface area contributed by atoms with Crippen molar-refractivity contribution < 1.29 is 23.4 Å². The van der Waals surface area contributed by atoms with E-state index in [4.69, 9.17) is 0 Å². The average Bonchev–Trinajstić information content (AvgIpc) is 2.71. The first-order valence-corrected chi connectivity index (χ1v) is 7.08. The Morgan fingerprint density at radius 1 is 1.55 bits per heavy atom. The van der Waals surface area contributed by atoms with Crippen molar-refractivity contribution in [2.75, 3.05) is 6.54 Å². The van der Waals surface area contributed by atoms with Gasteiger partial charge in [0.2, 0.25) is 0 Å². The molecular weight excluding hydrogens is 288 g/mol. The van der Waals surface area contributed by atoms with Crippen molar-refractivity contribution >= 4 is 17.2 Å². The third-order valence-electron chi connectivity index (χ3n) is 2.63. The molecule has 1 rings (SSSR count). The van der Waals surface area contributed by atoms with Crippen molar-refractivity contribution in [2.45, 2.75) is 39.9 Å². The molecule has 0 aliphatic rings. The van der Waals surface area contributed by atoms with Crippen LogP contribution >= 0.6 is 11.3 Å². The normalized spacial score (nSPS) is 13.3. The number of aliphatic hydroxyl groups is 1. The van der Waals surface area contributed by atoms with Gasteiger partial charge in [-0.2, -0.15) is 8.78 Å². The maximum atomic E-state index is 12.2. The van der Waals surface area contributed by atoms with E-state index in [1.807, 2.05) is 13.8 Å². The molecule has 0 aromatic carbocycles. The quantitative estimate of drug-likeness (QED) is 0.814. The van der Waals surface area contributed by atoms with E-state index in [2.05, 4.69) is 10.1 Å². The summed E-state index contributed by atoms with van der Waals surface area (Å²) in [5.74, 6) is -0.565. The summed E-state index contributed by atoms with van der Waals surface area (Å²) in [5, 5.41) is 13.6. The maximum Gasteiger partial charge on any atom is 0.387 e. The largest absolute Gasteiger partial charge is 0.433 e. The lowest BCUT2D eigenvalue weighted by Gasteiger charge is -2.26. The van der Waals surface area contributed by atoms with Gasteiger partial charge >= 0.3 is 6.61 Å². The number of amides is 1. The minimum absolute atomic E-state index is 0.115. The number of hydrogen-bond acceptors (Lipinski definition) is 4. The zero-order valence-electron chi connectivity index (χ0n) is 11.7. The molecule has 0 fully saturated rings. The smallest absolute Gasteiger partial charge is 0.387 e. The third kappa shape index (κ3) is 5.42. The lowest BCUT2D eigenvalue weighted by atomic mass is 9.87. The average molecular weight is 307 g/mol. The number of thiophene rings is 1. The van der Waals surface area contributed by atoms with Crippen LogP contribution in [0, 0.1) is 5.41 Å². The number of carbonyl (C=O) groups is 1. The van der Waals surface area contributed by atoms with Crippen molar-refractivity contribution in [3.8, 4) is 5.75 Å². The number of nitrogens with one attached hydrogen (secondary N) is 1. The summed E-state index contributed by atoms with van der Waals surface area (Å²) in [7, 11) is 0. The number of halogens is 2. The van der Waals surface area contributed by atoms with Crippen LogP contribution in [-0.4, -0.2) is 30.3 Å². The Bertz CT molecular complexity index is 447. The van der Waals surface area contributed by atoms with Gasteiger partial charge in [0.25, 0.3) is 5.91 Å². The molecule has 1 amide bonds. The Kier molecular flexibility index (Phi) is 5.88. The molecule has 0 saturated heterocycles. The Morgan fingerprint density at radius 3 is 2.75 bits per heavy atom. The molecule has 0 aliphatic heterocycles. The number of carbonyl (C=O) groups excluding carboxylic acids is 1. The summed E-state index contributed by atoms with van der Waals surface area (Å²) in [4.78, 5) is 12.1. The van der Waals surface area contributed by atoms with E-state index in [1.54, 1.807) is 6.92 Å². The molecule has 4 nitrogen and oxygen atoms in total. The Morgan fingerprint density at radius 2 is 2.20 bits per heavy atom. The molecule has 7 heteroatoms. The minimum atomic E-state index is -2.96. The monoisotopic (exact) mass is 307 g/mol. The summed E-state index contributed by atoms with van der Waals surface area (Å²) < 4.78 is 28.6. The van der Waals surface area contributed by atoms with Gasteiger partial charge in [0.15, 0.2) is 0 Å². The second kappa shape index (κ2) is 6.99. The number of ether oxygens (including phenoxy) is 1. The number of alkyl halides is 2. The predicted molar refractivity (Wildman–Crippen MR) is 73.4 cm³/mol. The van der Waals surface area contributed by atoms with Crippen LogP contribution in [0.1, 0.15) is 36.9 Å². The molecule has 1 unspecified atom stereocenters. The second-order valence-corrected chi connectivity index (χ2v) is 6.31. The van der Waals surface area contributed by atoms with Crippen LogP contribution in [0.3, 0.4) is 0 Å². The van der Waals surface area contributed by atoms with Gasteiger partial charge in [-0.1, -0.05) is 13.8 Å². The molecule has 2 N–H and O–H groups in total. The van der Waals surface area contributed by atoms with Gasteiger partial charge in [-0.15, -0.1) is 11.3 Å². The lowest BCUT2D eigenvalue weighted by Crippen LogP contribution is -2.35. The lowest BCUT2D eigenvalue weighted by molar-refractivity contribution is -0.0498. The fourth-order valence-corrected chi connectivity index (χ4v) is 2.66. The SMILES string of the molecule is CC(O)CC(C)(C)CNC(=O)c1sccc1OC(F)F. The molecule has 20 heavy (non-hydrogen) atoms. The van der Waals surface area contributed by atoms with Crippen LogP contribution in [-0.2, 0) is 0 Å². The highest BCUT2D eigenvalue weighted by molar-refractivity contribution is 7.12. The molecule has 114 valence electrons. The highest BCUT2D eigenvalue weighted by atomic mass is 32.1. The van der Waals surface area contributed by atoms with Gasteiger partial charge in [0.05, 0.1) is 6.10 Å². The minimum Gasteiger partial charge on any atom is -0.433 e. The van der Waals surface area contributed by atoms with E-state index >= 15 is 0 Å². The van der Waals surface area contributed by atoms with Gasteiger partial charge in [0, 0.05) is 6.54 Å². The molecular formula is C13H19F2NO3S. The van der Waals surface area contributed by atoms with Crippen LogP contribution in [0.2, 0.25) is 0 Å². The van der Waals surface area contributed by atoms with Crippen LogP contribution in [0.4, 0.5) is 8.78 Å². The van der Waals surface area contributed by atoms with Crippen molar-refractivity contribution in [3.05, 3.63) is 16.3 Å². The fraction of sp³-hybridized carbons (Fsp3) is 0.615. The summed E-state index contributed by atoms with van der Waals surface area (Å²) in [6, 6.07) is 1.34. The van der Waals surface area contributed by atoms with E-state index in [0.29, 0.717) is 13.0 Å². The number of rotatable bonds is 7.